The van der Waals surface area contributed by atoms with Gasteiger partial charge in [-0.1, -0.05) is 29.8 Å². The number of anilines is 1. The number of nitrogens with one attached hydrogen (secondary N) is 4. The molecule has 0 radical (unpaired) electrons. The van der Waals surface area contributed by atoms with Gasteiger partial charge in [0.25, 0.3) is 0 Å². The summed E-state index contributed by atoms with van der Waals surface area (Å²) in [6.45, 7) is 6.27. The predicted octanol–water partition coefficient (Wildman–Crippen LogP) is -0.518. The Morgan fingerprint density at radius 1 is 1.00 bits per heavy atom. The summed E-state index contributed by atoms with van der Waals surface area (Å²) in [5.41, 5.74) is 1.88. The molecule has 160 valence electrons. The molecule has 1 saturated heterocycles. The molecule has 0 aliphatic carbocycles. The lowest BCUT2D eigenvalue weighted by molar-refractivity contribution is -1.02. The first kappa shape index (κ1) is 21.9. The summed E-state index contributed by atoms with van der Waals surface area (Å²) in [6, 6.07) is 10.8. The lowest BCUT2D eigenvalue weighted by Crippen LogP contribution is -3.27. The molecule has 0 unspecified atom stereocenters. The Kier molecular flexibility index (Phi) is 7.12. The maximum atomic E-state index is 13.7. The molecule has 6 nitrogen and oxygen atoms in total. The highest BCUT2D eigenvalue weighted by Crippen LogP contribution is 2.15. The fraction of sp³-hybridized carbons (Fsp3) is 0.364. The largest absolute Gasteiger partial charge is 0.341 e. The van der Waals surface area contributed by atoms with Crippen LogP contribution in [0.4, 0.5) is 14.5 Å². The van der Waals surface area contributed by atoms with Crippen LogP contribution in [-0.4, -0.2) is 51.6 Å². The molecule has 4 N–H and O–H groups in total. The fourth-order valence-electron chi connectivity index (χ4n) is 3.69. The summed E-state index contributed by atoms with van der Waals surface area (Å²) in [5.74, 6) is -3.42. The normalized spacial score (nSPS) is 19.7. The highest BCUT2D eigenvalue weighted by molar-refractivity contribution is 6.39. The van der Waals surface area contributed by atoms with Crippen LogP contribution >= 0.6 is 0 Å². The molecule has 8 heteroatoms. The lowest BCUT2D eigenvalue weighted by Gasteiger charge is -2.33. The summed E-state index contributed by atoms with van der Waals surface area (Å²) >= 11 is 0. The molecule has 0 saturated carbocycles. The number of quaternary nitrogens is 2. The van der Waals surface area contributed by atoms with Crippen molar-refractivity contribution in [1.29, 1.82) is 0 Å². The van der Waals surface area contributed by atoms with E-state index in [1.165, 1.54) is 9.80 Å². The van der Waals surface area contributed by atoms with E-state index in [0.717, 1.165) is 55.5 Å². The number of carbonyl (C=O) groups is 2. The highest BCUT2D eigenvalue weighted by atomic mass is 19.1. The molecule has 0 bridgehead atoms. The quantitative estimate of drug-likeness (QED) is 0.494. The Balaban J connectivity index is 1.66. The van der Waals surface area contributed by atoms with Crippen LogP contribution in [0.15, 0.2) is 42.5 Å². The molecular weight excluding hydrogens is 390 g/mol. The van der Waals surface area contributed by atoms with Gasteiger partial charge in [0.1, 0.15) is 43.9 Å². The number of aryl methyl sites for hydroxylation is 1. The average Bonchev–Trinajstić information content (AvgIpc) is 2.73. The number of likely N-dealkylation sites (N-methyl/N-ethyl adjacent to an activating group) is 1. The molecule has 2 amide bonds. The van der Waals surface area contributed by atoms with Gasteiger partial charge in [-0.25, -0.2) is 8.78 Å². The molecule has 1 aliphatic heterocycles. The first-order valence-electron chi connectivity index (χ1n) is 10.1. The fourth-order valence-corrected chi connectivity index (χ4v) is 3.69. The summed E-state index contributed by atoms with van der Waals surface area (Å²) in [6.07, 6.45) is 0. The van der Waals surface area contributed by atoms with Gasteiger partial charge in [0.2, 0.25) is 0 Å². The van der Waals surface area contributed by atoms with E-state index < -0.39 is 23.4 Å². The lowest BCUT2D eigenvalue weighted by atomic mass is 10.0. The SMILES string of the molecule is Cc1ccc([C@@H](CNC(=O)C(=O)Nc2cc(F)ccc2F)[NH+]2CC[NH+](C)CC2)cc1. The van der Waals surface area contributed by atoms with Crippen LogP contribution in [0.5, 0.6) is 0 Å². The van der Waals surface area contributed by atoms with Crippen molar-refractivity contribution in [1.82, 2.24) is 5.32 Å². The zero-order chi connectivity index (χ0) is 21.7. The number of benzene rings is 2. The van der Waals surface area contributed by atoms with E-state index in [1.54, 1.807) is 0 Å². The predicted molar refractivity (Wildman–Crippen MR) is 109 cm³/mol. The first-order valence-corrected chi connectivity index (χ1v) is 10.1. The van der Waals surface area contributed by atoms with Crippen LogP contribution in [0.25, 0.3) is 0 Å². The van der Waals surface area contributed by atoms with Crippen LogP contribution in [-0.2, 0) is 9.59 Å². The van der Waals surface area contributed by atoms with Crippen molar-refractivity contribution in [3.8, 4) is 0 Å². The minimum Gasteiger partial charge on any atom is -0.341 e. The molecule has 0 spiro atoms. The van der Waals surface area contributed by atoms with Crippen molar-refractivity contribution in [2.24, 2.45) is 0 Å². The van der Waals surface area contributed by atoms with Crippen molar-refractivity contribution in [3.05, 3.63) is 65.2 Å². The highest BCUT2D eigenvalue weighted by Gasteiger charge is 2.30. The third kappa shape index (κ3) is 5.61. The van der Waals surface area contributed by atoms with Crippen molar-refractivity contribution in [3.63, 3.8) is 0 Å². The minimum atomic E-state index is -1.03. The monoisotopic (exact) mass is 418 g/mol. The van der Waals surface area contributed by atoms with E-state index >= 15 is 0 Å². The molecule has 30 heavy (non-hydrogen) atoms. The Labute approximate surface area is 174 Å². The van der Waals surface area contributed by atoms with Gasteiger partial charge in [0.15, 0.2) is 0 Å². The van der Waals surface area contributed by atoms with Crippen LogP contribution in [0, 0.1) is 18.6 Å². The second kappa shape index (κ2) is 9.77. The number of hydrogen-bond acceptors (Lipinski definition) is 2. The maximum Gasteiger partial charge on any atom is 0.313 e. The van der Waals surface area contributed by atoms with Crippen LogP contribution in [0.1, 0.15) is 17.2 Å². The van der Waals surface area contributed by atoms with Crippen LogP contribution in [0.2, 0.25) is 0 Å². The van der Waals surface area contributed by atoms with E-state index in [9.17, 15) is 18.4 Å². The number of amides is 2. The summed E-state index contributed by atoms with van der Waals surface area (Å²) < 4.78 is 27.0. The van der Waals surface area contributed by atoms with E-state index in [4.69, 9.17) is 0 Å². The number of rotatable bonds is 5. The molecule has 3 rings (SSSR count). The average molecular weight is 418 g/mol. The van der Waals surface area contributed by atoms with Gasteiger partial charge >= 0.3 is 11.8 Å². The van der Waals surface area contributed by atoms with Gasteiger partial charge in [-0.3, -0.25) is 9.59 Å². The summed E-state index contributed by atoms with van der Waals surface area (Å²) in [4.78, 5) is 27.3. The van der Waals surface area contributed by atoms with E-state index in [0.29, 0.717) is 0 Å². The maximum absolute atomic E-state index is 13.7. The van der Waals surface area contributed by atoms with Gasteiger partial charge in [-0.05, 0) is 19.1 Å². The molecule has 2 aromatic rings. The molecule has 2 aromatic carbocycles. The summed E-state index contributed by atoms with van der Waals surface area (Å²) in [5, 5.41) is 4.79. The Hall–Kier alpha value is -2.84. The first-order chi connectivity index (χ1) is 14.3. The molecular formula is C22H28F2N4O2+2. The molecule has 1 fully saturated rings. The zero-order valence-electron chi connectivity index (χ0n) is 17.2. The number of halogens is 2. The second-order valence-corrected chi connectivity index (χ2v) is 7.87. The standard InChI is InChI=1S/C22H26F2N4O2/c1-15-3-5-16(6-4-15)20(28-11-9-27(2)10-12-28)14-25-21(29)22(30)26-19-13-17(23)7-8-18(19)24/h3-8,13,20H,9-12,14H2,1-2H3,(H,25,29)(H,26,30)/p+2/t20-/m1/s1. The molecule has 0 aromatic heterocycles. The molecule has 1 aliphatic rings. The smallest absolute Gasteiger partial charge is 0.313 e. The zero-order valence-corrected chi connectivity index (χ0v) is 17.2. The molecule has 1 atom stereocenters. The van der Waals surface area contributed by atoms with Gasteiger partial charge < -0.3 is 20.4 Å². The summed E-state index contributed by atoms with van der Waals surface area (Å²) in [7, 11) is 2.16. The van der Waals surface area contributed by atoms with E-state index in [2.05, 4.69) is 17.7 Å². The van der Waals surface area contributed by atoms with Crippen LogP contribution in [0.3, 0.4) is 0 Å². The van der Waals surface area contributed by atoms with Crippen molar-refractivity contribution in [2.75, 3.05) is 45.1 Å². The number of hydrogen-bond donors (Lipinski definition) is 4. The van der Waals surface area contributed by atoms with Crippen molar-refractivity contribution in [2.45, 2.75) is 13.0 Å². The van der Waals surface area contributed by atoms with E-state index in [1.807, 2.05) is 31.2 Å². The third-order valence-corrected chi connectivity index (χ3v) is 5.57. The Bertz CT molecular complexity index is 897. The van der Waals surface area contributed by atoms with Gasteiger partial charge in [-0.15, -0.1) is 0 Å². The number of carbonyl (C=O) groups excluding carboxylic acids is 2. The topological polar surface area (TPSA) is 67.1 Å². The van der Waals surface area contributed by atoms with Gasteiger partial charge in [0.05, 0.1) is 19.3 Å². The van der Waals surface area contributed by atoms with Crippen molar-refractivity contribution >= 4 is 17.5 Å². The van der Waals surface area contributed by atoms with Crippen LogP contribution < -0.4 is 20.4 Å². The van der Waals surface area contributed by atoms with Crippen molar-refractivity contribution < 1.29 is 28.2 Å². The third-order valence-electron chi connectivity index (χ3n) is 5.57. The van der Waals surface area contributed by atoms with Gasteiger partial charge in [-0.2, -0.15) is 0 Å². The number of piperazine rings is 1. The Morgan fingerprint density at radius 2 is 1.67 bits per heavy atom. The van der Waals surface area contributed by atoms with Gasteiger partial charge in [0, 0.05) is 11.6 Å². The van der Waals surface area contributed by atoms with E-state index in [-0.39, 0.29) is 18.3 Å². The minimum absolute atomic E-state index is 0.00126. The Morgan fingerprint density at radius 3 is 2.33 bits per heavy atom. The molecule has 1 heterocycles. The second-order valence-electron chi connectivity index (χ2n) is 7.87.